The Hall–Kier alpha value is -4.83. The predicted molar refractivity (Wildman–Crippen MR) is 235 cm³/mol. The molecule has 3 aliphatic rings. The Kier molecular flexibility index (Phi) is 13.9. The third kappa shape index (κ3) is 10.0. The van der Waals surface area contributed by atoms with E-state index in [-0.39, 0.29) is 23.4 Å². The van der Waals surface area contributed by atoms with Crippen molar-refractivity contribution in [1.82, 2.24) is 0 Å². The van der Waals surface area contributed by atoms with E-state index >= 15 is 8.78 Å². The third-order valence-corrected chi connectivity index (χ3v) is 13.8. The van der Waals surface area contributed by atoms with Crippen molar-refractivity contribution in [3.63, 3.8) is 0 Å². The van der Waals surface area contributed by atoms with Crippen molar-refractivity contribution in [2.24, 2.45) is 0 Å². The molecular formula is C47H54F3N2O8S2+. The van der Waals surface area contributed by atoms with Gasteiger partial charge in [-0.05, 0) is 118 Å². The molecule has 0 saturated heterocycles. The molecule has 62 heavy (non-hydrogen) atoms. The molecule has 6 rings (SSSR count). The second-order valence-electron chi connectivity index (χ2n) is 17.2. The van der Waals surface area contributed by atoms with Crippen molar-refractivity contribution < 1.29 is 53.2 Å². The van der Waals surface area contributed by atoms with Gasteiger partial charge in [-0.1, -0.05) is 37.6 Å². The lowest BCUT2D eigenvalue weighted by Gasteiger charge is -2.28. The molecule has 2 N–H and O–H groups in total. The van der Waals surface area contributed by atoms with Crippen LogP contribution in [0.3, 0.4) is 0 Å². The number of nitrogens with zero attached hydrogens (tertiary/aromatic N) is 2. The average Bonchev–Trinajstić information content (AvgIpc) is 3.52. The van der Waals surface area contributed by atoms with Crippen molar-refractivity contribution in [2.45, 2.75) is 102 Å². The van der Waals surface area contributed by atoms with Crippen LogP contribution >= 0.6 is 0 Å². The zero-order chi connectivity index (χ0) is 45.2. The van der Waals surface area contributed by atoms with Gasteiger partial charge in [0.25, 0.3) is 26.7 Å². The Labute approximate surface area is 362 Å². The molecule has 0 saturated carbocycles. The number of carbonyl (C=O) groups excluding carboxylic acids is 1. The number of carbonyl (C=O) groups is 1. The van der Waals surface area contributed by atoms with E-state index in [9.17, 15) is 35.1 Å². The summed E-state index contributed by atoms with van der Waals surface area (Å²) in [7, 11) is -8.76. The monoisotopic (exact) mass is 895 g/mol. The van der Waals surface area contributed by atoms with Crippen LogP contribution < -0.4 is 4.90 Å². The molecule has 332 valence electrons. The molecule has 0 fully saturated rings. The van der Waals surface area contributed by atoms with Crippen molar-refractivity contribution in [1.29, 1.82) is 0 Å². The summed E-state index contributed by atoms with van der Waals surface area (Å²) in [5, 5.41) is 0. The van der Waals surface area contributed by atoms with Gasteiger partial charge in [0.2, 0.25) is 5.69 Å². The standard InChI is InChI=1S/C47H53F3N2O8S2/c1-31-14-18-40-36(26-31)46(2,3)42(51(40)22-7-6-9-24-60-30-53)20-15-32-12-11-13-33(44(32)45-38(49)27-34(48)28-39(45)50)16-21-43-47(4,5)37-29-35(62(57,58)59)17-19-41(37)52(43)23-8-10-25-61(54,55)56/h14-21,26-30H,6-13,22-25H2,1-5H3,(H-,54,55,56,57,58,59)/p+1. The summed E-state index contributed by atoms with van der Waals surface area (Å²) < 4.78 is 120. The fourth-order valence-electron chi connectivity index (χ4n) is 9.04. The lowest BCUT2D eigenvalue weighted by molar-refractivity contribution is -0.438. The highest BCUT2D eigenvalue weighted by Gasteiger charge is 2.44. The van der Waals surface area contributed by atoms with E-state index in [1.807, 2.05) is 43.9 Å². The Morgan fingerprint density at radius 2 is 1.55 bits per heavy atom. The van der Waals surface area contributed by atoms with Crippen LogP contribution in [0.5, 0.6) is 0 Å². The van der Waals surface area contributed by atoms with Crippen LogP contribution in [0.1, 0.15) is 101 Å². The first-order chi connectivity index (χ1) is 29.1. The van der Waals surface area contributed by atoms with Crippen molar-refractivity contribution in [3.05, 3.63) is 129 Å². The molecule has 3 aromatic rings. The van der Waals surface area contributed by atoms with Crippen LogP contribution in [0.4, 0.5) is 24.5 Å². The van der Waals surface area contributed by atoms with Gasteiger partial charge < -0.3 is 9.64 Å². The highest BCUT2D eigenvalue weighted by atomic mass is 32.2. The Morgan fingerprint density at radius 3 is 2.23 bits per heavy atom. The molecular weight excluding hydrogens is 842 g/mol. The van der Waals surface area contributed by atoms with Crippen molar-refractivity contribution in [2.75, 3.05) is 30.3 Å². The number of unbranched alkanes of at least 4 members (excludes halogenated alkanes) is 3. The second-order valence-corrected chi connectivity index (χ2v) is 20.2. The molecule has 0 bridgehead atoms. The van der Waals surface area contributed by atoms with Gasteiger partial charge in [0.15, 0.2) is 5.71 Å². The van der Waals surface area contributed by atoms with Gasteiger partial charge in [-0.25, -0.2) is 13.2 Å². The van der Waals surface area contributed by atoms with Crippen LogP contribution in [-0.2, 0) is 40.6 Å². The topological polar surface area (TPSA) is 141 Å². The summed E-state index contributed by atoms with van der Waals surface area (Å²) in [6.45, 7) is 11.8. The average molecular weight is 896 g/mol. The number of aryl methyl sites for hydroxylation is 1. The SMILES string of the molecule is Cc1ccc2c(c1)C(C)(C)C(/C=C/C1=C(c3c(F)cc(F)cc3F)C(=C/C=C3/N(CCCCS(=O)(=O)O)c4ccc(S(=O)(=O)O)cc4C3(C)C)/CCC1)=[N+]2CCCCCOC=O. The third-order valence-electron chi connectivity index (χ3n) is 12.1. The maximum absolute atomic E-state index is 16.0. The molecule has 1 aliphatic carbocycles. The Bertz CT molecular complexity index is 2620. The number of anilines is 1. The number of hydrogen-bond donors (Lipinski definition) is 2. The zero-order valence-corrected chi connectivity index (χ0v) is 37.3. The summed E-state index contributed by atoms with van der Waals surface area (Å²) in [6.07, 6.45) is 11.9. The lowest BCUT2D eigenvalue weighted by atomic mass is 9.79. The van der Waals surface area contributed by atoms with Crippen molar-refractivity contribution in [3.8, 4) is 0 Å². The van der Waals surface area contributed by atoms with Gasteiger partial charge in [0, 0.05) is 59.6 Å². The summed E-state index contributed by atoms with van der Waals surface area (Å²) in [5.41, 5.74) is 6.08. The van der Waals surface area contributed by atoms with Gasteiger partial charge in [0.1, 0.15) is 24.0 Å². The quantitative estimate of drug-likeness (QED) is 0.0587. The fraction of sp³-hybridized carbons (Fsp3) is 0.404. The van der Waals surface area contributed by atoms with Gasteiger partial charge >= 0.3 is 0 Å². The first-order valence-electron chi connectivity index (χ1n) is 20.8. The van der Waals surface area contributed by atoms with Gasteiger partial charge in [-0.2, -0.15) is 21.4 Å². The summed E-state index contributed by atoms with van der Waals surface area (Å²) >= 11 is 0. The van der Waals surface area contributed by atoms with E-state index in [1.165, 1.54) is 12.1 Å². The van der Waals surface area contributed by atoms with E-state index in [0.29, 0.717) is 91.1 Å². The van der Waals surface area contributed by atoms with Crippen LogP contribution in [0, 0.1) is 24.4 Å². The molecule has 0 unspecified atom stereocenters. The van der Waals surface area contributed by atoms with Crippen molar-refractivity contribution >= 4 is 49.4 Å². The largest absolute Gasteiger partial charge is 0.468 e. The first-order valence-corrected chi connectivity index (χ1v) is 23.8. The summed E-state index contributed by atoms with van der Waals surface area (Å²) in [4.78, 5) is 12.3. The molecule has 0 spiro atoms. The van der Waals surface area contributed by atoms with Crippen LogP contribution in [0.2, 0.25) is 0 Å². The smallest absolute Gasteiger partial charge is 0.294 e. The highest BCUT2D eigenvalue weighted by molar-refractivity contribution is 7.86. The number of rotatable bonds is 17. The Morgan fingerprint density at radius 1 is 0.823 bits per heavy atom. The van der Waals surface area contributed by atoms with E-state index in [2.05, 4.69) is 36.6 Å². The zero-order valence-electron chi connectivity index (χ0n) is 35.7. The second kappa shape index (κ2) is 18.5. The first kappa shape index (κ1) is 46.7. The molecule has 0 amide bonds. The van der Waals surface area contributed by atoms with Crippen LogP contribution in [0.15, 0.2) is 94.6 Å². The summed E-state index contributed by atoms with van der Waals surface area (Å²) in [5.74, 6) is -3.59. The van der Waals surface area contributed by atoms with Gasteiger partial charge in [0.05, 0.1) is 28.2 Å². The van der Waals surface area contributed by atoms with E-state index in [0.717, 1.165) is 41.8 Å². The summed E-state index contributed by atoms with van der Waals surface area (Å²) in [6, 6.07) is 11.9. The minimum absolute atomic E-state index is 0.141. The van der Waals surface area contributed by atoms with E-state index in [1.54, 1.807) is 12.1 Å². The molecule has 0 radical (unpaired) electrons. The lowest BCUT2D eigenvalue weighted by Crippen LogP contribution is -2.28. The fourth-order valence-corrected chi connectivity index (χ4v) is 10.1. The molecule has 3 aromatic carbocycles. The Balaban J connectivity index is 1.48. The van der Waals surface area contributed by atoms with Crippen LogP contribution in [0.25, 0.3) is 5.57 Å². The number of halogens is 3. The number of benzene rings is 3. The minimum Gasteiger partial charge on any atom is -0.468 e. The van der Waals surface area contributed by atoms with Gasteiger partial charge in [-0.3, -0.25) is 13.9 Å². The number of allylic oxidation sites excluding steroid dienone is 8. The molecule has 2 aliphatic heterocycles. The van der Waals surface area contributed by atoms with Gasteiger partial charge in [-0.15, -0.1) is 0 Å². The predicted octanol–water partition coefficient (Wildman–Crippen LogP) is 9.85. The number of hydrogen-bond acceptors (Lipinski definition) is 7. The molecule has 15 heteroatoms. The number of ether oxygens (including phenoxy) is 1. The highest BCUT2D eigenvalue weighted by Crippen LogP contribution is 2.49. The van der Waals surface area contributed by atoms with E-state index < -0.39 is 54.3 Å². The van der Waals surface area contributed by atoms with E-state index in [4.69, 9.17) is 4.74 Å². The normalized spacial score (nSPS) is 18.6. The molecule has 2 heterocycles. The molecule has 10 nitrogen and oxygen atoms in total. The number of fused-ring (bicyclic) bond motifs is 2. The maximum Gasteiger partial charge on any atom is 0.294 e. The van der Waals surface area contributed by atoms with Crippen LogP contribution in [-0.4, -0.2) is 68.1 Å². The molecule has 0 atom stereocenters. The molecule has 0 aromatic heterocycles. The minimum atomic E-state index is -4.56. The maximum atomic E-state index is 16.0.